The van der Waals surface area contributed by atoms with Gasteiger partial charge in [-0.3, -0.25) is 0 Å². The van der Waals surface area contributed by atoms with E-state index >= 15 is 0 Å². The molecule has 0 amide bonds. The Hall–Kier alpha value is -0.840. The zero-order valence-corrected chi connectivity index (χ0v) is 11.4. The predicted molar refractivity (Wildman–Crippen MR) is 72.3 cm³/mol. The van der Waals surface area contributed by atoms with E-state index in [1.807, 2.05) is 14.0 Å². The summed E-state index contributed by atoms with van der Waals surface area (Å²) >= 11 is 1.71. The fourth-order valence-corrected chi connectivity index (χ4v) is 2.41. The fraction of sp³-hybridized carbons (Fsp3) is 0.727. The molecule has 0 fully saturated rings. The molecule has 1 aliphatic heterocycles. The highest BCUT2D eigenvalue weighted by Crippen LogP contribution is 2.24. The number of hydrogen-bond donors (Lipinski definition) is 2. The van der Waals surface area contributed by atoms with Gasteiger partial charge in [-0.25, -0.2) is 4.99 Å². The molecule has 4 nitrogen and oxygen atoms in total. The molecule has 16 heavy (non-hydrogen) atoms. The minimum absolute atomic E-state index is 0.109. The average molecular weight is 242 g/mol. The van der Waals surface area contributed by atoms with Crippen molar-refractivity contribution in [1.29, 1.82) is 0 Å². The van der Waals surface area contributed by atoms with Crippen molar-refractivity contribution in [3.05, 3.63) is 11.4 Å². The van der Waals surface area contributed by atoms with E-state index in [9.17, 15) is 0 Å². The van der Waals surface area contributed by atoms with E-state index in [0.717, 1.165) is 30.2 Å². The lowest BCUT2D eigenvalue weighted by atomic mass is 10.2. The van der Waals surface area contributed by atoms with Crippen molar-refractivity contribution in [2.24, 2.45) is 10.7 Å². The van der Waals surface area contributed by atoms with Crippen LogP contribution in [0.1, 0.15) is 26.7 Å². The van der Waals surface area contributed by atoms with Crippen molar-refractivity contribution in [3.8, 4) is 0 Å². The quantitative estimate of drug-likeness (QED) is 0.785. The second-order valence-corrected chi connectivity index (χ2v) is 4.74. The van der Waals surface area contributed by atoms with Crippen LogP contribution >= 0.6 is 11.8 Å². The van der Waals surface area contributed by atoms with Crippen LogP contribution in [0.15, 0.2) is 16.4 Å². The third kappa shape index (κ3) is 2.64. The third-order valence-corrected chi connectivity index (χ3v) is 3.54. The molecule has 5 heteroatoms. The van der Waals surface area contributed by atoms with Gasteiger partial charge >= 0.3 is 0 Å². The maximum absolute atomic E-state index is 6.17. The van der Waals surface area contributed by atoms with Gasteiger partial charge in [-0.15, -0.1) is 11.8 Å². The highest BCUT2D eigenvalue weighted by atomic mass is 32.2. The van der Waals surface area contributed by atoms with E-state index in [2.05, 4.69) is 28.4 Å². The molecule has 1 aliphatic rings. The van der Waals surface area contributed by atoms with Gasteiger partial charge in [0.2, 0.25) is 0 Å². The maximum atomic E-state index is 6.17. The van der Waals surface area contributed by atoms with Crippen LogP contribution in [0, 0.1) is 0 Å². The molecule has 92 valence electrons. The number of nitrogens with one attached hydrogen (secondary N) is 1. The van der Waals surface area contributed by atoms with Crippen LogP contribution in [0.3, 0.4) is 0 Å². The summed E-state index contributed by atoms with van der Waals surface area (Å²) in [4.78, 5) is 6.83. The first kappa shape index (κ1) is 13.2. The minimum Gasteiger partial charge on any atom is -0.385 e. The molecule has 0 aromatic carbocycles. The molecule has 0 aromatic rings. The molecule has 3 N–H and O–H groups in total. The summed E-state index contributed by atoms with van der Waals surface area (Å²) < 4.78 is 0. The van der Waals surface area contributed by atoms with Gasteiger partial charge in [-0.2, -0.15) is 0 Å². The monoisotopic (exact) mass is 242 g/mol. The predicted octanol–water partition coefficient (Wildman–Crippen LogP) is 1.56. The highest BCUT2D eigenvalue weighted by molar-refractivity contribution is 7.99. The van der Waals surface area contributed by atoms with Crippen molar-refractivity contribution in [2.75, 3.05) is 19.8 Å². The van der Waals surface area contributed by atoms with Gasteiger partial charge in [0.05, 0.1) is 0 Å². The van der Waals surface area contributed by atoms with Crippen molar-refractivity contribution in [3.63, 3.8) is 0 Å². The molecule has 1 unspecified atom stereocenters. The molecule has 1 atom stereocenters. The van der Waals surface area contributed by atoms with Gasteiger partial charge in [-0.05, 0) is 19.6 Å². The SMILES string of the molecule is CCCCN1C(N)=C(C)C(NC)=NC1SC. The second kappa shape index (κ2) is 6.03. The lowest BCUT2D eigenvalue weighted by Crippen LogP contribution is -2.43. The molecule has 1 heterocycles. The van der Waals surface area contributed by atoms with Gasteiger partial charge in [0.1, 0.15) is 11.7 Å². The molecule has 1 rings (SSSR count). The second-order valence-electron chi connectivity index (χ2n) is 3.85. The van der Waals surface area contributed by atoms with Gasteiger partial charge < -0.3 is 16.0 Å². The number of thioether (sulfide) groups is 1. The zero-order chi connectivity index (χ0) is 12.1. The van der Waals surface area contributed by atoms with Crippen LogP contribution < -0.4 is 11.1 Å². The molecule has 0 bridgehead atoms. The molecule has 0 saturated carbocycles. The molecular formula is C11H22N4S. The van der Waals surface area contributed by atoms with Crippen molar-refractivity contribution >= 4 is 17.6 Å². The third-order valence-electron chi connectivity index (χ3n) is 2.76. The van der Waals surface area contributed by atoms with E-state index in [0.29, 0.717) is 0 Å². The van der Waals surface area contributed by atoms with Crippen LogP contribution in [0.5, 0.6) is 0 Å². The van der Waals surface area contributed by atoms with Gasteiger partial charge in [0.25, 0.3) is 0 Å². The molecule has 0 aliphatic carbocycles. The number of nitrogens with zero attached hydrogens (tertiary/aromatic N) is 2. The molecular weight excluding hydrogens is 220 g/mol. The first-order valence-electron chi connectivity index (χ1n) is 5.67. The summed E-state index contributed by atoms with van der Waals surface area (Å²) in [6.45, 7) is 5.18. The summed E-state index contributed by atoms with van der Waals surface area (Å²) in [7, 11) is 1.88. The van der Waals surface area contributed by atoms with Crippen LogP contribution in [-0.2, 0) is 0 Å². The first-order chi connectivity index (χ1) is 7.65. The average Bonchev–Trinajstić information content (AvgIpc) is 2.31. The largest absolute Gasteiger partial charge is 0.385 e. The number of amidine groups is 1. The summed E-state index contributed by atoms with van der Waals surface area (Å²) in [6, 6.07) is 0. The smallest absolute Gasteiger partial charge is 0.172 e. The molecule has 0 aromatic heterocycles. The number of nitrogens with two attached hydrogens (primary N) is 1. The maximum Gasteiger partial charge on any atom is 0.172 e. The molecule has 0 radical (unpaired) electrons. The topological polar surface area (TPSA) is 53.6 Å². The summed E-state index contributed by atoms with van der Waals surface area (Å²) in [6.07, 6.45) is 4.39. The highest BCUT2D eigenvalue weighted by Gasteiger charge is 2.25. The van der Waals surface area contributed by atoms with Gasteiger partial charge in [0, 0.05) is 19.2 Å². The van der Waals surface area contributed by atoms with E-state index in [-0.39, 0.29) is 5.50 Å². The first-order valence-corrected chi connectivity index (χ1v) is 6.96. The molecule has 0 saturated heterocycles. The Bertz CT molecular complexity index is 298. The summed E-state index contributed by atoms with van der Waals surface area (Å²) in [5.74, 6) is 1.76. The van der Waals surface area contributed by atoms with Crippen LogP contribution in [0.2, 0.25) is 0 Å². The van der Waals surface area contributed by atoms with Crippen LogP contribution in [0.25, 0.3) is 0 Å². The van der Waals surface area contributed by atoms with E-state index in [4.69, 9.17) is 5.73 Å². The van der Waals surface area contributed by atoms with E-state index in [1.54, 1.807) is 11.8 Å². The van der Waals surface area contributed by atoms with E-state index in [1.165, 1.54) is 6.42 Å². The number of hydrogen-bond acceptors (Lipinski definition) is 5. The van der Waals surface area contributed by atoms with Crippen molar-refractivity contribution in [2.45, 2.75) is 32.2 Å². The summed E-state index contributed by atoms with van der Waals surface area (Å²) in [5, 5.41) is 3.10. The number of rotatable bonds is 4. The Labute approximate surface area is 102 Å². The molecule has 0 spiro atoms. The number of aliphatic imine (C=N–C) groups is 1. The standard InChI is InChI=1S/C11H22N4S/c1-5-6-7-15-9(12)8(2)10(13-3)14-11(15)16-4/h11H,5-7,12H2,1-4H3,(H,13,14). The zero-order valence-electron chi connectivity index (χ0n) is 10.6. The Kier molecular flexibility index (Phi) is 4.99. The lowest BCUT2D eigenvalue weighted by Gasteiger charge is -2.35. The van der Waals surface area contributed by atoms with Crippen LogP contribution in [-0.4, -0.2) is 36.1 Å². The normalized spacial score (nSPS) is 21.1. The van der Waals surface area contributed by atoms with Crippen molar-refractivity contribution < 1.29 is 0 Å². The number of likely N-dealkylation sites (N-methyl/N-ethyl adjacent to an activating group) is 1. The Morgan fingerprint density at radius 3 is 2.75 bits per heavy atom. The Balaban J connectivity index is 2.88. The van der Waals surface area contributed by atoms with Gasteiger partial charge in [0.15, 0.2) is 5.50 Å². The van der Waals surface area contributed by atoms with Crippen molar-refractivity contribution in [1.82, 2.24) is 10.2 Å². The summed E-state index contributed by atoms with van der Waals surface area (Å²) in [5.41, 5.74) is 7.32. The number of unbranched alkanes of at least 4 members (excludes halogenated alkanes) is 1. The van der Waals surface area contributed by atoms with Gasteiger partial charge in [-0.1, -0.05) is 13.3 Å². The fourth-order valence-electron chi connectivity index (χ4n) is 1.72. The van der Waals surface area contributed by atoms with Crippen LogP contribution in [0.4, 0.5) is 0 Å². The Morgan fingerprint density at radius 1 is 1.56 bits per heavy atom. The lowest BCUT2D eigenvalue weighted by molar-refractivity contribution is 0.312. The Morgan fingerprint density at radius 2 is 2.25 bits per heavy atom. The minimum atomic E-state index is 0.109. The van der Waals surface area contributed by atoms with E-state index < -0.39 is 0 Å².